The second kappa shape index (κ2) is 4.68. The van der Waals surface area contributed by atoms with Crippen LogP contribution in [0.1, 0.15) is 71.6 Å². The smallest absolute Gasteiger partial charge is 0.192 e. The summed E-state index contributed by atoms with van der Waals surface area (Å²) in [6.07, 6.45) is 12.1. The van der Waals surface area contributed by atoms with Gasteiger partial charge in [0.15, 0.2) is 5.96 Å². The van der Waals surface area contributed by atoms with E-state index in [1.807, 2.05) is 0 Å². The lowest BCUT2D eigenvalue weighted by atomic mass is 9.73. The first-order valence-electron chi connectivity index (χ1n) is 8.16. The highest BCUT2D eigenvalue weighted by atomic mass is 15.4. The largest absolute Gasteiger partial charge is 0.370 e. The molecule has 19 heavy (non-hydrogen) atoms. The Bertz CT molecular complexity index is 366. The molecular formula is C16H29N3. The zero-order valence-electron chi connectivity index (χ0n) is 12.6. The van der Waals surface area contributed by atoms with Crippen LogP contribution in [-0.2, 0) is 0 Å². The minimum atomic E-state index is 0.228. The molecule has 1 spiro atoms. The van der Waals surface area contributed by atoms with Crippen LogP contribution in [0.25, 0.3) is 0 Å². The minimum absolute atomic E-state index is 0.228. The lowest BCUT2D eigenvalue weighted by Crippen LogP contribution is -2.60. The number of nitrogens with zero attached hydrogens (tertiary/aromatic N) is 2. The van der Waals surface area contributed by atoms with Gasteiger partial charge >= 0.3 is 0 Å². The number of guanidine groups is 1. The van der Waals surface area contributed by atoms with Crippen molar-refractivity contribution in [2.75, 3.05) is 6.54 Å². The van der Waals surface area contributed by atoms with E-state index in [2.05, 4.69) is 23.7 Å². The van der Waals surface area contributed by atoms with Gasteiger partial charge in [-0.1, -0.05) is 46.0 Å². The van der Waals surface area contributed by atoms with Gasteiger partial charge in [-0.3, -0.25) is 4.99 Å². The van der Waals surface area contributed by atoms with Crippen LogP contribution in [-0.4, -0.2) is 29.0 Å². The Balaban J connectivity index is 1.89. The monoisotopic (exact) mass is 263 g/mol. The first-order chi connectivity index (χ1) is 9.07. The Labute approximate surface area is 117 Å². The van der Waals surface area contributed by atoms with Crippen molar-refractivity contribution in [1.82, 2.24) is 4.90 Å². The third-order valence-electron chi connectivity index (χ3n) is 6.05. The molecule has 3 heteroatoms. The maximum Gasteiger partial charge on any atom is 0.192 e. The summed E-state index contributed by atoms with van der Waals surface area (Å²) in [7, 11) is 0. The third-order valence-corrected chi connectivity index (χ3v) is 6.05. The van der Waals surface area contributed by atoms with Crippen LogP contribution in [0.5, 0.6) is 0 Å². The first-order valence-corrected chi connectivity index (χ1v) is 8.16. The first kappa shape index (κ1) is 13.3. The topological polar surface area (TPSA) is 41.6 Å². The molecule has 0 aromatic rings. The maximum atomic E-state index is 6.31. The summed E-state index contributed by atoms with van der Waals surface area (Å²) >= 11 is 0. The number of aliphatic imine (C=N–C) groups is 1. The van der Waals surface area contributed by atoms with Crippen molar-refractivity contribution in [2.45, 2.75) is 83.2 Å². The molecule has 3 aliphatic rings. The summed E-state index contributed by atoms with van der Waals surface area (Å²) in [6, 6.07) is 0.645. The molecule has 0 bridgehead atoms. The number of hydrogen-bond acceptors (Lipinski definition) is 3. The van der Waals surface area contributed by atoms with E-state index >= 15 is 0 Å². The SMILES string of the molecule is CC1(C)CCCC12CN=C(N)N2C1CCCCCC1. The van der Waals surface area contributed by atoms with Crippen LogP contribution in [0, 0.1) is 5.41 Å². The van der Waals surface area contributed by atoms with Crippen molar-refractivity contribution in [1.29, 1.82) is 0 Å². The fourth-order valence-corrected chi connectivity index (χ4v) is 4.77. The maximum absolute atomic E-state index is 6.31. The molecular weight excluding hydrogens is 234 g/mol. The fourth-order valence-electron chi connectivity index (χ4n) is 4.77. The normalized spacial score (nSPS) is 35.7. The van der Waals surface area contributed by atoms with Gasteiger partial charge in [-0.25, -0.2) is 0 Å². The molecule has 0 amide bonds. The van der Waals surface area contributed by atoms with Crippen molar-refractivity contribution in [3.8, 4) is 0 Å². The summed E-state index contributed by atoms with van der Waals surface area (Å²) in [5, 5.41) is 0. The van der Waals surface area contributed by atoms with Gasteiger partial charge in [0.05, 0.1) is 12.1 Å². The molecule has 1 heterocycles. The van der Waals surface area contributed by atoms with Crippen LogP contribution >= 0.6 is 0 Å². The molecule has 0 saturated heterocycles. The minimum Gasteiger partial charge on any atom is -0.370 e. The Morgan fingerprint density at radius 1 is 1.05 bits per heavy atom. The average Bonchev–Trinajstić information content (AvgIpc) is 2.72. The molecule has 1 aliphatic heterocycles. The van der Waals surface area contributed by atoms with Crippen LogP contribution in [0.3, 0.4) is 0 Å². The molecule has 1 atom stereocenters. The highest BCUT2D eigenvalue weighted by Gasteiger charge is 2.57. The molecule has 108 valence electrons. The molecule has 3 nitrogen and oxygen atoms in total. The van der Waals surface area contributed by atoms with Gasteiger partial charge in [0.1, 0.15) is 0 Å². The van der Waals surface area contributed by atoms with Crippen molar-refractivity contribution >= 4 is 5.96 Å². The zero-order chi connectivity index (χ0) is 13.5. The molecule has 2 aliphatic carbocycles. The van der Waals surface area contributed by atoms with Crippen molar-refractivity contribution < 1.29 is 0 Å². The standard InChI is InChI=1S/C16H29N3/c1-15(2)10-7-11-16(15)12-18-14(17)19(16)13-8-5-3-4-6-9-13/h13H,3-12H2,1-2H3,(H2,17,18). The molecule has 2 saturated carbocycles. The molecule has 0 aromatic carbocycles. The van der Waals surface area contributed by atoms with E-state index in [4.69, 9.17) is 5.73 Å². The molecule has 3 rings (SSSR count). The van der Waals surface area contributed by atoms with Gasteiger partial charge in [0.2, 0.25) is 0 Å². The predicted octanol–water partition coefficient (Wildman–Crippen LogP) is 3.29. The van der Waals surface area contributed by atoms with E-state index in [9.17, 15) is 0 Å². The second-order valence-electron chi connectivity index (χ2n) is 7.46. The van der Waals surface area contributed by atoms with E-state index < -0.39 is 0 Å². The summed E-state index contributed by atoms with van der Waals surface area (Å²) in [6.45, 7) is 5.79. The Kier molecular flexibility index (Phi) is 3.26. The van der Waals surface area contributed by atoms with Gasteiger partial charge in [-0.15, -0.1) is 0 Å². The second-order valence-corrected chi connectivity index (χ2v) is 7.46. The molecule has 1 unspecified atom stereocenters. The van der Waals surface area contributed by atoms with E-state index in [1.165, 1.54) is 57.8 Å². The highest BCUT2D eigenvalue weighted by molar-refractivity contribution is 5.81. The van der Waals surface area contributed by atoms with Gasteiger partial charge in [0, 0.05) is 6.04 Å². The molecule has 2 N–H and O–H groups in total. The van der Waals surface area contributed by atoms with Crippen LogP contribution < -0.4 is 5.73 Å². The Morgan fingerprint density at radius 2 is 1.74 bits per heavy atom. The van der Waals surface area contributed by atoms with E-state index in [-0.39, 0.29) is 5.54 Å². The molecule has 2 fully saturated rings. The number of hydrogen-bond donors (Lipinski definition) is 1. The Morgan fingerprint density at radius 3 is 2.32 bits per heavy atom. The number of rotatable bonds is 1. The summed E-state index contributed by atoms with van der Waals surface area (Å²) in [5.41, 5.74) is 6.89. The van der Waals surface area contributed by atoms with E-state index in [0.717, 1.165) is 12.5 Å². The average molecular weight is 263 g/mol. The van der Waals surface area contributed by atoms with E-state index in [1.54, 1.807) is 0 Å². The van der Waals surface area contributed by atoms with Gasteiger partial charge in [-0.2, -0.15) is 0 Å². The van der Waals surface area contributed by atoms with Gasteiger partial charge in [0.25, 0.3) is 0 Å². The third kappa shape index (κ3) is 1.96. The zero-order valence-corrected chi connectivity index (χ0v) is 12.6. The lowest BCUT2D eigenvalue weighted by Gasteiger charge is -2.49. The Hall–Kier alpha value is -0.730. The van der Waals surface area contributed by atoms with E-state index in [0.29, 0.717) is 11.5 Å². The summed E-state index contributed by atoms with van der Waals surface area (Å²) in [4.78, 5) is 7.25. The van der Waals surface area contributed by atoms with Crippen molar-refractivity contribution in [2.24, 2.45) is 16.1 Å². The van der Waals surface area contributed by atoms with Crippen LogP contribution in [0.4, 0.5) is 0 Å². The van der Waals surface area contributed by atoms with Gasteiger partial charge in [-0.05, 0) is 31.1 Å². The summed E-state index contributed by atoms with van der Waals surface area (Å²) in [5.74, 6) is 0.835. The van der Waals surface area contributed by atoms with Crippen molar-refractivity contribution in [3.05, 3.63) is 0 Å². The van der Waals surface area contributed by atoms with Crippen LogP contribution in [0.15, 0.2) is 4.99 Å². The summed E-state index contributed by atoms with van der Waals surface area (Å²) < 4.78 is 0. The molecule has 0 aromatic heterocycles. The molecule has 0 radical (unpaired) electrons. The quantitative estimate of drug-likeness (QED) is 0.738. The van der Waals surface area contributed by atoms with Crippen molar-refractivity contribution in [3.63, 3.8) is 0 Å². The lowest BCUT2D eigenvalue weighted by molar-refractivity contribution is 0.0479. The fraction of sp³-hybridized carbons (Fsp3) is 0.938. The highest BCUT2D eigenvalue weighted by Crippen LogP contribution is 2.52. The number of nitrogens with two attached hydrogens (primary N) is 1. The van der Waals surface area contributed by atoms with Crippen LogP contribution in [0.2, 0.25) is 0 Å². The predicted molar refractivity (Wildman–Crippen MR) is 80.2 cm³/mol. The van der Waals surface area contributed by atoms with Gasteiger partial charge < -0.3 is 10.6 Å².